The van der Waals surface area contributed by atoms with E-state index in [9.17, 15) is 0 Å². The van der Waals surface area contributed by atoms with E-state index < -0.39 is 0 Å². The fourth-order valence-electron chi connectivity index (χ4n) is 1.71. The van der Waals surface area contributed by atoms with Gasteiger partial charge >= 0.3 is 0 Å². The summed E-state index contributed by atoms with van der Waals surface area (Å²) in [6.07, 6.45) is 3.24. The van der Waals surface area contributed by atoms with Crippen molar-refractivity contribution >= 4 is 10.9 Å². The van der Waals surface area contributed by atoms with E-state index in [-0.39, 0.29) is 0 Å². The first-order valence-electron chi connectivity index (χ1n) is 5.05. The zero-order valence-corrected chi connectivity index (χ0v) is 8.78. The lowest BCUT2D eigenvalue weighted by atomic mass is 10.2. The first kappa shape index (κ1) is 9.48. The summed E-state index contributed by atoms with van der Waals surface area (Å²) in [6, 6.07) is 11.5. The molecule has 5 nitrogen and oxygen atoms in total. The third-order valence-corrected chi connectivity index (χ3v) is 2.50. The molecule has 0 atom stereocenters. The molecule has 80 valence electrons. The summed E-state index contributed by atoms with van der Waals surface area (Å²) < 4.78 is 1.63. The molecule has 0 aliphatic carbocycles. The quantitative estimate of drug-likeness (QED) is 0.627. The summed E-state index contributed by atoms with van der Waals surface area (Å²) in [5.41, 5.74) is 1.36. The molecule has 1 aromatic carbocycles. The minimum atomic E-state index is 0.453. The highest BCUT2D eigenvalue weighted by molar-refractivity contribution is 5.80. The number of para-hydroxylation sites is 1. The van der Waals surface area contributed by atoms with Crippen LogP contribution in [0.25, 0.3) is 16.7 Å². The highest BCUT2D eigenvalue weighted by Crippen LogP contribution is 2.17. The zero-order valence-electron chi connectivity index (χ0n) is 8.78. The molecule has 0 aliphatic rings. The van der Waals surface area contributed by atoms with Crippen molar-refractivity contribution in [2.75, 3.05) is 0 Å². The molecule has 0 radical (unpaired) electrons. The minimum absolute atomic E-state index is 0.453. The van der Waals surface area contributed by atoms with E-state index in [1.807, 2.05) is 24.3 Å². The van der Waals surface area contributed by atoms with E-state index in [0.29, 0.717) is 11.4 Å². The Labute approximate surface area is 96.9 Å². The molecular weight excluding hydrogens is 214 g/mol. The molecule has 0 bridgehead atoms. The van der Waals surface area contributed by atoms with Crippen LogP contribution in [0, 0.1) is 11.3 Å². The predicted molar refractivity (Wildman–Crippen MR) is 61.4 cm³/mol. The van der Waals surface area contributed by atoms with Crippen molar-refractivity contribution in [2.45, 2.75) is 0 Å². The Bertz CT molecular complexity index is 723. The van der Waals surface area contributed by atoms with Crippen LogP contribution >= 0.6 is 0 Å². The van der Waals surface area contributed by atoms with Crippen molar-refractivity contribution in [3.63, 3.8) is 0 Å². The molecule has 0 N–H and O–H groups in total. The molecule has 0 unspecified atom stereocenters. The molecule has 5 heteroatoms. The summed E-state index contributed by atoms with van der Waals surface area (Å²) in [6.45, 7) is 0. The Balaban J connectivity index is 2.32. The SMILES string of the molecule is N#Cc1ccnnc1-n1ncc2ccccc21. The molecule has 0 amide bonds. The Morgan fingerprint density at radius 3 is 2.94 bits per heavy atom. The maximum Gasteiger partial charge on any atom is 0.194 e. The van der Waals surface area contributed by atoms with E-state index in [2.05, 4.69) is 21.4 Å². The van der Waals surface area contributed by atoms with Gasteiger partial charge in [0.2, 0.25) is 0 Å². The van der Waals surface area contributed by atoms with Gasteiger partial charge in [0.15, 0.2) is 5.82 Å². The van der Waals surface area contributed by atoms with Gasteiger partial charge in [0.05, 0.1) is 17.9 Å². The molecule has 3 aromatic rings. The standard InChI is InChI=1S/C12H7N5/c13-7-9-5-6-14-16-12(9)17-11-4-2-1-3-10(11)8-15-17/h1-6,8H. The molecule has 0 saturated carbocycles. The summed E-state index contributed by atoms with van der Waals surface area (Å²) >= 11 is 0. The summed E-state index contributed by atoms with van der Waals surface area (Å²) in [4.78, 5) is 0. The second-order valence-corrected chi connectivity index (χ2v) is 3.50. The number of rotatable bonds is 1. The maximum absolute atomic E-state index is 9.03. The van der Waals surface area contributed by atoms with Crippen molar-refractivity contribution in [3.8, 4) is 11.9 Å². The van der Waals surface area contributed by atoms with Gasteiger partial charge in [-0.05, 0) is 12.1 Å². The van der Waals surface area contributed by atoms with Crippen molar-refractivity contribution in [1.29, 1.82) is 5.26 Å². The third-order valence-electron chi connectivity index (χ3n) is 2.50. The van der Waals surface area contributed by atoms with E-state index in [1.54, 1.807) is 16.9 Å². The van der Waals surface area contributed by atoms with Gasteiger partial charge in [-0.1, -0.05) is 18.2 Å². The minimum Gasteiger partial charge on any atom is -0.212 e. The monoisotopic (exact) mass is 221 g/mol. The lowest BCUT2D eigenvalue weighted by Gasteiger charge is -2.02. The normalized spacial score (nSPS) is 10.3. The predicted octanol–water partition coefficient (Wildman–Crippen LogP) is 1.69. The van der Waals surface area contributed by atoms with Gasteiger partial charge in [-0.2, -0.15) is 15.5 Å². The van der Waals surface area contributed by atoms with Crippen LogP contribution < -0.4 is 0 Å². The topological polar surface area (TPSA) is 67.4 Å². The second kappa shape index (κ2) is 3.68. The Morgan fingerprint density at radius 2 is 2.06 bits per heavy atom. The van der Waals surface area contributed by atoms with Crippen LogP contribution in [-0.4, -0.2) is 20.0 Å². The van der Waals surface area contributed by atoms with Gasteiger partial charge in [0, 0.05) is 5.39 Å². The zero-order chi connectivity index (χ0) is 11.7. The molecule has 2 aromatic heterocycles. The van der Waals surface area contributed by atoms with Gasteiger partial charge < -0.3 is 0 Å². The molecule has 2 heterocycles. The number of fused-ring (bicyclic) bond motifs is 1. The lowest BCUT2D eigenvalue weighted by molar-refractivity contribution is 0.832. The van der Waals surface area contributed by atoms with E-state index in [0.717, 1.165) is 10.9 Å². The van der Waals surface area contributed by atoms with Crippen molar-refractivity contribution < 1.29 is 0 Å². The van der Waals surface area contributed by atoms with E-state index >= 15 is 0 Å². The second-order valence-electron chi connectivity index (χ2n) is 3.50. The number of benzene rings is 1. The van der Waals surface area contributed by atoms with Gasteiger partial charge in [0.25, 0.3) is 0 Å². The molecule has 3 rings (SSSR count). The van der Waals surface area contributed by atoms with Gasteiger partial charge in [-0.15, -0.1) is 5.10 Å². The van der Waals surface area contributed by atoms with Gasteiger partial charge in [-0.25, -0.2) is 4.68 Å². The summed E-state index contributed by atoms with van der Waals surface area (Å²) in [5, 5.41) is 22.0. The fourth-order valence-corrected chi connectivity index (χ4v) is 1.71. The molecule has 0 spiro atoms. The smallest absolute Gasteiger partial charge is 0.194 e. The molecule has 17 heavy (non-hydrogen) atoms. The highest BCUT2D eigenvalue weighted by atomic mass is 15.3. The van der Waals surface area contributed by atoms with Crippen LogP contribution in [-0.2, 0) is 0 Å². The average molecular weight is 221 g/mol. The van der Waals surface area contributed by atoms with E-state index in [1.165, 1.54) is 6.20 Å². The number of hydrogen-bond acceptors (Lipinski definition) is 4. The largest absolute Gasteiger partial charge is 0.212 e. The lowest BCUT2D eigenvalue weighted by Crippen LogP contribution is -2.03. The number of hydrogen-bond donors (Lipinski definition) is 0. The van der Waals surface area contributed by atoms with Crippen molar-refractivity contribution in [1.82, 2.24) is 20.0 Å². The van der Waals surface area contributed by atoms with Crippen LogP contribution in [0.5, 0.6) is 0 Å². The van der Waals surface area contributed by atoms with Crippen LogP contribution in [0.2, 0.25) is 0 Å². The van der Waals surface area contributed by atoms with Crippen molar-refractivity contribution in [2.24, 2.45) is 0 Å². The molecule has 0 aliphatic heterocycles. The number of nitrogens with zero attached hydrogens (tertiary/aromatic N) is 5. The fraction of sp³-hybridized carbons (Fsp3) is 0. The van der Waals surface area contributed by atoms with Crippen LogP contribution in [0.4, 0.5) is 0 Å². The third kappa shape index (κ3) is 1.43. The van der Waals surface area contributed by atoms with E-state index in [4.69, 9.17) is 5.26 Å². The first-order chi connectivity index (χ1) is 8.40. The first-order valence-corrected chi connectivity index (χ1v) is 5.05. The maximum atomic E-state index is 9.03. The Hall–Kier alpha value is -2.74. The van der Waals surface area contributed by atoms with Crippen LogP contribution in [0.1, 0.15) is 5.56 Å². The average Bonchev–Trinajstić information content (AvgIpc) is 2.82. The summed E-state index contributed by atoms with van der Waals surface area (Å²) in [5.74, 6) is 0.455. The van der Waals surface area contributed by atoms with Gasteiger partial charge in [-0.3, -0.25) is 0 Å². The number of aromatic nitrogens is 4. The van der Waals surface area contributed by atoms with Crippen LogP contribution in [0.3, 0.4) is 0 Å². The summed E-state index contributed by atoms with van der Waals surface area (Å²) in [7, 11) is 0. The molecule has 0 saturated heterocycles. The Kier molecular flexibility index (Phi) is 2.06. The van der Waals surface area contributed by atoms with Crippen LogP contribution in [0.15, 0.2) is 42.7 Å². The van der Waals surface area contributed by atoms with Gasteiger partial charge in [0.1, 0.15) is 11.6 Å². The Morgan fingerprint density at radius 1 is 1.18 bits per heavy atom. The highest BCUT2D eigenvalue weighted by Gasteiger charge is 2.10. The van der Waals surface area contributed by atoms with Crippen molar-refractivity contribution in [3.05, 3.63) is 48.3 Å². The molecular formula is C12H7N5. The molecule has 0 fully saturated rings. The number of nitriles is 1.